The Labute approximate surface area is 221 Å². The minimum atomic E-state index is -4.77. The monoisotopic (exact) mass is 543 g/mol. The Kier molecular flexibility index (Phi) is 7.99. The molecule has 0 aliphatic heterocycles. The molecule has 4 rings (SSSR count). The SMILES string of the molecule is CCOC(=O)OCOc1c(-c2ccc(-c3ccc(OC(F)(F)F)cc3)cc2)c(C)[n+]([O-])c2cc(OC)ccc12. The van der Waals surface area contributed by atoms with Crippen molar-refractivity contribution in [2.75, 3.05) is 20.5 Å². The lowest BCUT2D eigenvalue weighted by molar-refractivity contribution is -0.583. The predicted molar refractivity (Wildman–Crippen MR) is 135 cm³/mol. The Morgan fingerprint density at radius 3 is 2.08 bits per heavy atom. The molecule has 1 heterocycles. The van der Waals surface area contributed by atoms with Crippen LogP contribution in [0.25, 0.3) is 33.2 Å². The Morgan fingerprint density at radius 2 is 1.49 bits per heavy atom. The maximum absolute atomic E-state index is 13.2. The number of halogens is 3. The highest BCUT2D eigenvalue weighted by molar-refractivity contribution is 5.92. The number of aromatic nitrogens is 1. The number of hydrogen-bond acceptors (Lipinski definition) is 7. The van der Waals surface area contributed by atoms with Gasteiger partial charge in [-0.2, -0.15) is 4.73 Å². The first kappa shape index (κ1) is 27.4. The van der Waals surface area contributed by atoms with Crippen LogP contribution >= 0.6 is 0 Å². The molecule has 4 aromatic rings. The van der Waals surface area contributed by atoms with Crippen molar-refractivity contribution >= 4 is 17.1 Å². The number of benzene rings is 3. The number of pyridine rings is 1. The third kappa shape index (κ3) is 6.25. The van der Waals surface area contributed by atoms with Crippen molar-refractivity contribution in [1.29, 1.82) is 0 Å². The molecule has 0 unspecified atom stereocenters. The van der Waals surface area contributed by atoms with Gasteiger partial charge in [0, 0.05) is 6.92 Å². The van der Waals surface area contributed by atoms with E-state index in [1.54, 1.807) is 56.3 Å². The lowest BCUT2D eigenvalue weighted by Crippen LogP contribution is -2.32. The van der Waals surface area contributed by atoms with E-state index >= 15 is 0 Å². The number of ether oxygens (including phenoxy) is 5. The summed E-state index contributed by atoms with van der Waals surface area (Å²) in [7, 11) is 1.49. The van der Waals surface area contributed by atoms with Gasteiger partial charge in [-0.05, 0) is 47.9 Å². The molecule has 1 aromatic heterocycles. The smallest absolute Gasteiger partial charge is 0.573 e. The van der Waals surface area contributed by atoms with Crippen LogP contribution in [0.4, 0.5) is 18.0 Å². The molecule has 0 bridgehead atoms. The molecule has 0 aliphatic rings. The number of alkyl halides is 3. The zero-order valence-electron chi connectivity index (χ0n) is 21.2. The van der Waals surface area contributed by atoms with Crippen molar-refractivity contribution in [3.8, 4) is 39.5 Å². The van der Waals surface area contributed by atoms with E-state index in [1.807, 2.05) is 0 Å². The van der Waals surface area contributed by atoms with Gasteiger partial charge in [0.15, 0.2) is 5.75 Å². The van der Waals surface area contributed by atoms with Crippen LogP contribution in [0.3, 0.4) is 0 Å². The third-order valence-electron chi connectivity index (χ3n) is 5.80. The summed E-state index contributed by atoms with van der Waals surface area (Å²) in [5.41, 5.74) is 3.10. The third-order valence-corrected chi connectivity index (χ3v) is 5.80. The Hall–Kier alpha value is -4.67. The van der Waals surface area contributed by atoms with Gasteiger partial charge in [0.1, 0.15) is 11.5 Å². The van der Waals surface area contributed by atoms with E-state index in [0.29, 0.717) is 44.8 Å². The fourth-order valence-electron chi connectivity index (χ4n) is 4.04. The van der Waals surface area contributed by atoms with Crippen LogP contribution in [0.5, 0.6) is 17.2 Å². The average Bonchev–Trinajstić information content (AvgIpc) is 2.91. The quantitative estimate of drug-likeness (QED) is 0.108. The fraction of sp³-hybridized carbons (Fsp3) is 0.214. The number of methoxy groups -OCH3 is 1. The standard InChI is InChI=1S/C28H24F3NO7/c1-4-36-27(33)38-16-37-26-23-14-13-22(35-3)15-24(23)32(34)17(2)25(26)20-7-5-18(6-8-20)19-9-11-21(12-10-19)39-28(29,30)31/h5-15H,4,16H2,1-3H3. The van der Waals surface area contributed by atoms with E-state index in [4.69, 9.17) is 18.9 Å². The first-order chi connectivity index (χ1) is 18.6. The molecule has 3 aromatic carbocycles. The van der Waals surface area contributed by atoms with Crippen LogP contribution in [-0.2, 0) is 9.47 Å². The summed E-state index contributed by atoms with van der Waals surface area (Å²) >= 11 is 0. The molecule has 8 nitrogen and oxygen atoms in total. The van der Waals surface area contributed by atoms with E-state index in [9.17, 15) is 23.2 Å². The van der Waals surface area contributed by atoms with Crippen molar-refractivity contribution in [2.45, 2.75) is 20.2 Å². The summed E-state index contributed by atoms with van der Waals surface area (Å²) in [4.78, 5) is 11.7. The number of hydrogen-bond donors (Lipinski definition) is 0. The van der Waals surface area contributed by atoms with Gasteiger partial charge in [-0.3, -0.25) is 0 Å². The number of nitrogens with zero attached hydrogens (tertiary/aromatic N) is 1. The number of rotatable bonds is 8. The molecule has 0 saturated carbocycles. The molecule has 0 spiro atoms. The second-order valence-corrected chi connectivity index (χ2v) is 8.21. The normalized spacial score (nSPS) is 11.2. The van der Waals surface area contributed by atoms with Crippen LogP contribution in [0.15, 0.2) is 66.7 Å². The van der Waals surface area contributed by atoms with Crippen molar-refractivity contribution in [3.63, 3.8) is 0 Å². The molecule has 0 atom stereocenters. The summed E-state index contributed by atoms with van der Waals surface area (Å²) in [5.74, 6) is 0.463. The zero-order chi connectivity index (χ0) is 28.2. The second kappa shape index (κ2) is 11.4. The molecule has 11 heteroatoms. The summed E-state index contributed by atoms with van der Waals surface area (Å²) in [5, 5.41) is 13.7. The minimum Gasteiger partial charge on any atom is -0.618 e. The minimum absolute atomic E-state index is 0.137. The molecule has 0 radical (unpaired) electrons. The lowest BCUT2D eigenvalue weighted by Gasteiger charge is -2.18. The molecular formula is C28H24F3NO7. The van der Waals surface area contributed by atoms with E-state index in [-0.39, 0.29) is 12.4 Å². The van der Waals surface area contributed by atoms with Gasteiger partial charge in [0.25, 0.3) is 0 Å². The molecular weight excluding hydrogens is 519 g/mol. The molecule has 0 amide bonds. The fourth-order valence-corrected chi connectivity index (χ4v) is 4.04. The Morgan fingerprint density at radius 1 is 0.897 bits per heavy atom. The average molecular weight is 543 g/mol. The van der Waals surface area contributed by atoms with Crippen molar-refractivity contribution in [2.24, 2.45) is 0 Å². The van der Waals surface area contributed by atoms with Gasteiger partial charge in [-0.25, -0.2) is 4.79 Å². The summed E-state index contributed by atoms with van der Waals surface area (Å²) < 4.78 is 62.9. The van der Waals surface area contributed by atoms with Crippen molar-refractivity contribution < 1.29 is 46.4 Å². The maximum Gasteiger partial charge on any atom is 0.573 e. The first-order valence-corrected chi connectivity index (χ1v) is 11.7. The molecule has 39 heavy (non-hydrogen) atoms. The highest BCUT2D eigenvalue weighted by Gasteiger charge is 2.31. The first-order valence-electron chi connectivity index (χ1n) is 11.7. The van der Waals surface area contributed by atoms with Gasteiger partial charge in [0.2, 0.25) is 18.0 Å². The number of fused-ring (bicyclic) bond motifs is 1. The Bertz CT molecular complexity index is 1470. The van der Waals surface area contributed by atoms with Gasteiger partial charge in [0.05, 0.1) is 30.7 Å². The highest BCUT2D eigenvalue weighted by atomic mass is 19.4. The van der Waals surface area contributed by atoms with Gasteiger partial charge in [-0.15, -0.1) is 13.2 Å². The number of carbonyl (C=O) groups is 1. The van der Waals surface area contributed by atoms with Crippen molar-refractivity contribution in [1.82, 2.24) is 0 Å². The van der Waals surface area contributed by atoms with Crippen LogP contribution < -0.4 is 18.9 Å². The van der Waals surface area contributed by atoms with Crippen LogP contribution in [0.2, 0.25) is 0 Å². The summed E-state index contributed by atoms with van der Waals surface area (Å²) in [6, 6.07) is 17.4. The van der Waals surface area contributed by atoms with E-state index in [1.165, 1.54) is 31.4 Å². The molecule has 0 saturated heterocycles. The predicted octanol–water partition coefficient (Wildman–Crippen LogP) is 6.53. The van der Waals surface area contributed by atoms with Crippen LogP contribution in [0.1, 0.15) is 12.6 Å². The van der Waals surface area contributed by atoms with E-state index in [0.717, 1.165) is 10.3 Å². The van der Waals surface area contributed by atoms with Gasteiger partial charge < -0.3 is 28.9 Å². The topological polar surface area (TPSA) is 90.2 Å². The van der Waals surface area contributed by atoms with Crippen LogP contribution in [0, 0.1) is 12.1 Å². The lowest BCUT2D eigenvalue weighted by atomic mass is 9.97. The molecule has 204 valence electrons. The van der Waals surface area contributed by atoms with Crippen LogP contribution in [-0.4, -0.2) is 33.0 Å². The molecule has 0 aliphatic carbocycles. The molecule has 0 N–H and O–H groups in total. The summed E-state index contributed by atoms with van der Waals surface area (Å²) in [6.45, 7) is 2.95. The zero-order valence-corrected chi connectivity index (χ0v) is 21.2. The second-order valence-electron chi connectivity index (χ2n) is 8.21. The number of carbonyl (C=O) groups excluding carboxylic acids is 1. The Balaban J connectivity index is 1.72. The molecule has 0 fully saturated rings. The van der Waals surface area contributed by atoms with E-state index < -0.39 is 19.3 Å². The van der Waals surface area contributed by atoms with E-state index in [2.05, 4.69) is 4.74 Å². The van der Waals surface area contributed by atoms with Crippen molar-refractivity contribution in [3.05, 3.63) is 77.6 Å². The van der Waals surface area contributed by atoms with Gasteiger partial charge >= 0.3 is 12.5 Å². The largest absolute Gasteiger partial charge is 0.618 e. The summed E-state index contributed by atoms with van der Waals surface area (Å²) in [6.07, 6.45) is -5.67. The maximum atomic E-state index is 13.2. The van der Waals surface area contributed by atoms with Gasteiger partial charge in [-0.1, -0.05) is 36.4 Å². The highest BCUT2D eigenvalue weighted by Crippen LogP contribution is 2.39.